The van der Waals surface area contributed by atoms with E-state index in [-0.39, 0.29) is 22.7 Å². The number of carbonyl (C=O) groups excluding carboxylic acids is 2. The molecule has 2 aromatic heterocycles. The highest BCUT2D eigenvalue weighted by atomic mass is 19.1. The van der Waals surface area contributed by atoms with Crippen molar-refractivity contribution < 1.29 is 27.5 Å². The second-order valence-electron chi connectivity index (χ2n) is 9.81. The van der Waals surface area contributed by atoms with Crippen LogP contribution < -0.4 is 5.73 Å². The molecule has 1 aromatic carbocycles. The van der Waals surface area contributed by atoms with Crippen LogP contribution in [0.2, 0.25) is 0 Å². The van der Waals surface area contributed by atoms with Crippen LogP contribution in [0.25, 0.3) is 22.4 Å². The van der Waals surface area contributed by atoms with Crippen LogP contribution in [0.15, 0.2) is 36.7 Å². The molecule has 2 amide bonds. The summed E-state index contributed by atoms with van der Waals surface area (Å²) < 4.78 is 54.1. The molecule has 4 rings (SSSR count). The third kappa shape index (κ3) is 4.53. The Morgan fingerprint density at radius 3 is 2.37 bits per heavy atom. The number of benzene rings is 1. The second-order valence-corrected chi connectivity index (χ2v) is 9.81. The van der Waals surface area contributed by atoms with Gasteiger partial charge >= 0.3 is 0 Å². The zero-order chi connectivity index (χ0) is 27.8. The standard InChI is InChI=1S/C28H29F3N4O3/c1-15(2)28(11-5-6-13-38-28)21-19(16-8-7-12-33-14-16)25(26(32)36)34-24(23(21)31)20-18(29)10-9-17(22(20)30)27(37)35(3)4/h7-10,12,14-15H,5-6,11,13H2,1-4H3,(H2,32,36). The molecule has 3 aromatic rings. The van der Waals surface area contributed by atoms with Crippen LogP contribution in [-0.2, 0) is 10.3 Å². The molecular weight excluding hydrogens is 497 g/mol. The minimum absolute atomic E-state index is 0.0591. The van der Waals surface area contributed by atoms with Gasteiger partial charge in [-0.15, -0.1) is 0 Å². The number of nitrogens with zero attached hydrogens (tertiary/aromatic N) is 3. The summed E-state index contributed by atoms with van der Waals surface area (Å²) in [5.74, 6) is -5.59. The number of hydrogen-bond acceptors (Lipinski definition) is 5. The number of aromatic nitrogens is 2. The van der Waals surface area contributed by atoms with Gasteiger partial charge in [0.25, 0.3) is 11.8 Å². The Kier molecular flexibility index (Phi) is 7.55. The van der Waals surface area contributed by atoms with Gasteiger partial charge in [0, 0.05) is 49.8 Å². The number of carbonyl (C=O) groups is 2. The van der Waals surface area contributed by atoms with Crippen molar-refractivity contribution in [2.45, 2.75) is 38.7 Å². The summed E-state index contributed by atoms with van der Waals surface area (Å²) in [7, 11) is 2.81. The summed E-state index contributed by atoms with van der Waals surface area (Å²) in [5.41, 5.74) is 2.32. The Morgan fingerprint density at radius 2 is 1.82 bits per heavy atom. The summed E-state index contributed by atoms with van der Waals surface area (Å²) in [6.45, 7) is 4.02. The number of amides is 2. The van der Waals surface area contributed by atoms with E-state index in [1.807, 2.05) is 13.8 Å². The summed E-state index contributed by atoms with van der Waals surface area (Å²) >= 11 is 0. The first-order valence-corrected chi connectivity index (χ1v) is 12.3. The van der Waals surface area contributed by atoms with Gasteiger partial charge in [0.05, 0.1) is 16.7 Å². The fourth-order valence-electron chi connectivity index (χ4n) is 5.03. The van der Waals surface area contributed by atoms with E-state index >= 15 is 13.2 Å². The molecule has 7 nitrogen and oxygen atoms in total. The van der Waals surface area contributed by atoms with Crippen LogP contribution >= 0.6 is 0 Å². The smallest absolute Gasteiger partial charge is 0.267 e. The fourth-order valence-corrected chi connectivity index (χ4v) is 5.03. The molecule has 1 aliphatic rings. The van der Waals surface area contributed by atoms with Crippen LogP contribution in [0, 0.1) is 23.4 Å². The van der Waals surface area contributed by atoms with E-state index in [0.717, 1.165) is 23.5 Å². The minimum Gasteiger partial charge on any atom is -0.370 e. The van der Waals surface area contributed by atoms with Gasteiger partial charge in [0.2, 0.25) is 0 Å². The summed E-state index contributed by atoms with van der Waals surface area (Å²) in [5, 5.41) is 0. The monoisotopic (exact) mass is 526 g/mol. The van der Waals surface area contributed by atoms with Crippen LogP contribution in [0.1, 0.15) is 59.5 Å². The lowest BCUT2D eigenvalue weighted by Gasteiger charge is -2.43. The molecule has 1 fully saturated rings. The van der Waals surface area contributed by atoms with Crippen LogP contribution in [-0.4, -0.2) is 47.4 Å². The normalized spacial score (nSPS) is 17.5. The van der Waals surface area contributed by atoms with Gasteiger partial charge in [-0.25, -0.2) is 18.2 Å². The molecule has 0 radical (unpaired) electrons. The average Bonchev–Trinajstić information content (AvgIpc) is 2.89. The maximum absolute atomic E-state index is 16.8. The third-order valence-electron chi connectivity index (χ3n) is 6.94. The van der Waals surface area contributed by atoms with Crippen molar-refractivity contribution in [3.63, 3.8) is 0 Å². The van der Waals surface area contributed by atoms with Crippen LogP contribution in [0.3, 0.4) is 0 Å². The molecule has 1 aliphatic heterocycles. The molecule has 3 heterocycles. The van der Waals surface area contributed by atoms with Gasteiger partial charge in [-0.2, -0.15) is 0 Å². The Hall–Kier alpha value is -3.79. The zero-order valence-corrected chi connectivity index (χ0v) is 21.6. The molecule has 1 saturated heterocycles. The number of halogens is 3. The maximum Gasteiger partial charge on any atom is 0.267 e. The molecule has 2 N–H and O–H groups in total. The van der Waals surface area contributed by atoms with Gasteiger partial charge < -0.3 is 15.4 Å². The lowest BCUT2D eigenvalue weighted by atomic mass is 9.74. The number of pyridine rings is 2. The number of rotatable bonds is 6. The summed E-state index contributed by atoms with van der Waals surface area (Å²) in [6, 6.07) is 5.07. The average molecular weight is 527 g/mol. The summed E-state index contributed by atoms with van der Waals surface area (Å²) in [4.78, 5) is 34.6. The van der Waals surface area contributed by atoms with Crippen LogP contribution in [0.4, 0.5) is 13.2 Å². The van der Waals surface area contributed by atoms with Crippen molar-refractivity contribution in [2.75, 3.05) is 20.7 Å². The van der Waals surface area contributed by atoms with Crippen molar-refractivity contribution in [3.05, 3.63) is 70.9 Å². The van der Waals surface area contributed by atoms with Gasteiger partial charge in [-0.1, -0.05) is 19.9 Å². The highest BCUT2D eigenvalue weighted by molar-refractivity contribution is 6.00. The number of primary amides is 1. The second kappa shape index (κ2) is 10.5. The number of ether oxygens (including phenoxy) is 1. The van der Waals surface area contributed by atoms with Crippen molar-refractivity contribution in [2.24, 2.45) is 11.7 Å². The van der Waals surface area contributed by atoms with E-state index in [0.29, 0.717) is 25.0 Å². The van der Waals surface area contributed by atoms with Crippen molar-refractivity contribution in [1.29, 1.82) is 0 Å². The molecule has 0 aliphatic carbocycles. The SMILES string of the molecule is CC(C)C1(c2c(F)c(-c3c(F)ccc(C(=O)N(C)C)c3F)nc(C(N)=O)c2-c2cccnc2)CCCCO1. The van der Waals surface area contributed by atoms with E-state index in [2.05, 4.69) is 9.97 Å². The Bertz CT molecular complexity index is 1390. The first-order chi connectivity index (χ1) is 18.0. The molecule has 0 saturated carbocycles. The predicted octanol–water partition coefficient (Wildman–Crippen LogP) is 5.08. The van der Waals surface area contributed by atoms with E-state index in [9.17, 15) is 9.59 Å². The lowest BCUT2D eigenvalue weighted by Crippen LogP contribution is -2.41. The quantitative estimate of drug-likeness (QED) is 0.483. The van der Waals surface area contributed by atoms with Crippen LogP contribution in [0.5, 0.6) is 0 Å². The first kappa shape index (κ1) is 27.3. The zero-order valence-electron chi connectivity index (χ0n) is 21.6. The molecule has 10 heteroatoms. The molecular formula is C28H29F3N4O3. The Labute approximate surface area is 218 Å². The summed E-state index contributed by atoms with van der Waals surface area (Å²) in [6.07, 6.45) is 4.78. The minimum atomic E-state index is -1.30. The van der Waals surface area contributed by atoms with E-state index in [4.69, 9.17) is 10.5 Å². The van der Waals surface area contributed by atoms with Gasteiger partial charge in [0.1, 0.15) is 23.0 Å². The molecule has 200 valence electrons. The maximum atomic E-state index is 16.8. The van der Waals surface area contributed by atoms with Gasteiger partial charge in [-0.05, 0) is 43.4 Å². The van der Waals surface area contributed by atoms with E-state index in [1.165, 1.54) is 26.5 Å². The molecule has 0 bridgehead atoms. The predicted molar refractivity (Wildman–Crippen MR) is 136 cm³/mol. The highest BCUT2D eigenvalue weighted by Gasteiger charge is 2.45. The van der Waals surface area contributed by atoms with Crippen molar-refractivity contribution >= 4 is 11.8 Å². The number of nitrogens with two attached hydrogens (primary N) is 1. The van der Waals surface area contributed by atoms with Gasteiger partial charge in [0.15, 0.2) is 5.82 Å². The Balaban J connectivity index is 2.18. The lowest BCUT2D eigenvalue weighted by molar-refractivity contribution is -0.116. The molecule has 1 unspecified atom stereocenters. The highest BCUT2D eigenvalue weighted by Crippen LogP contribution is 2.49. The van der Waals surface area contributed by atoms with Gasteiger partial charge in [-0.3, -0.25) is 14.6 Å². The molecule has 0 spiro atoms. The molecule has 1 atom stereocenters. The number of hydrogen-bond donors (Lipinski definition) is 1. The fraction of sp³-hybridized carbons (Fsp3) is 0.357. The topological polar surface area (TPSA) is 98.4 Å². The van der Waals surface area contributed by atoms with E-state index < -0.39 is 51.7 Å². The molecule has 38 heavy (non-hydrogen) atoms. The van der Waals surface area contributed by atoms with E-state index in [1.54, 1.807) is 12.1 Å². The largest absolute Gasteiger partial charge is 0.370 e. The Morgan fingerprint density at radius 1 is 1.08 bits per heavy atom. The van der Waals surface area contributed by atoms with Crippen molar-refractivity contribution in [1.82, 2.24) is 14.9 Å². The van der Waals surface area contributed by atoms with Crippen molar-refractivity contribution in [3.8, 4) is 22.4 Å². The first-order valence-electron chi connectivity index (χ1n) is 12.3. The third-order valence-corrected chi connectivity index (χ3v) is 6.94.